The molecule has 0 spiro atoms. The van der Waals surface area contributed by atoms with Gasteiger partial charge in [-0.15, -0.1) is 0 Å². The highest BCUT2D eigenvalue weighted by atomic mass is 16.5. The van der Waals surface area contributed by atoms with Crippen LogP contribution in [0.3, 0.4) is 0 Å². The van der Waals surface area contributed by atoms with Crippen LogP contribution in [0, 0.1) is 0 Å². The fourth-order valence-electron chi connectivity index (χ4n) is 2.93. The molecular weight excluding hydrogens is 292 g/mol. The van der Waals surface area contributed by atoms with Crippen LogP contribution in [0.15, 0.2) is 35.3 Å². The molecule has 2 aromatic rings. The van der Waals surface area contributed by atoms with E-state index in [1.165, 1.54) is 0 Å². The monoisotopic (exact) mass is 312 g/mol. The van der Waals surface area contributed by atoms with Gasteiger partial charge in [-0.05, 0) is 49.9 Å². The molecule has 0 saturated carbocycles. The van der Waals surface area contributed by atoms with Gasteiger partial charge in [-0.3, -0.25) is 9.59 Å². The van der Waals surface area contributed by atoms with Crippen LogP contribution in [-0.2, 0) is 24.1 Å². The van der Waals surface area contributed by atoms with Crippen molar-refractivity contribution >= 4 is 11.6 Å². The fraction of sp³-hybridized carbons (Fsp3) is 0.333. The predicted octanol–water partition coefficient (Wildman–Crippen LogP) is 2.44. The number of H-pyrrole nitrogens is 1. The third kappa shape index (κ3) is 3.44. The van der Waals surface area contributed by atoms with Crippen molar-refractivity contribution in [1.82, 2.24) is 4.98 Å². The number of pyridine rings is 1. The summed E-state index contributed by atoms with van der Waals surface area (Å²) in [7, 11) is 1.59. The van der Waals surface area contributed by atoms with Gasteiger partial charge in [0.05, 0.1) is 13.5 Å². The molecule has 1 amide bonds. The normalized spacial score (nSPS) is 13.3. The van der Waals surface area contributed by atoms with E-state index in [1.807, 2.05) is 0 Å². The molecular formula is C18H20N2O3. The number of rotatable bonds is 4. The minimum Gasteiger partial charge on any atom is -0.497 e. The first-order valence-corrected chi connectivity index (χ1v) is 7.83. The van der Waals surface area contributed by atoms with Gasteiger partial charge in [-0.25, -0.2) is 0 Å². The Hall–Kier alpha value is -2.56. The molecule has 0 aliphatic heterocycles. The van der Waals surface area contributed by atoms with Crippen molar-refractivity contribution in [3.05, 3.63) is 57.5 Å². The number of anilines is 1. The second-order valence-electron chi connectivity index (χ2n) is 5.76. The number of aryl methyl sites for hydroxylation is 1. The first-order valence-electron chi connectivity index (χ1n) is 7.83. The lowest BCUT2D eigenvalue weighted by Gasteiger charge is -2.15. The minimum atomic E-state index is -0.198. The predicted molar refractivity (Wildman–Crippen MR) is 89.0 cm³/mol. The first-order chi connectivity index (χ1) is 11.2. The molecule has 5 nitrogen and oxygen atoms in total. The number of amides is 1. The maximum Gasteiger partial charge on any atom is 0.228 e. The Balaban J connectivity index is 1.71. The number of methoxy groups -OCH3 is 1. The van der Waals surface area contributed by atoms with Gasteiger partial charge < -0.3 is 15.0 Å². The van der Waals surface area contributed by atoms with Crippen LogP contribution >= 0.6 is 0 Å². The molecule has 0 unspecified atom stereocenters. The topological polar surface area (TPSA) is 71.2 Å². The van der Waals surface area contributed by atoms with Crippen molar-refractivity contribution in [2.75, 3.05) is 12.4 Å². The van der Waals surface area contributed by atoms with Gasteiger partial charge in [0, 0.05) is 28.7 Å². The van der Waals surface area contributed by atoms with Crippen LogP contribution in [0.25, 0.3) is 0 Å². The molecule has 1 aliphatic rings. The molecule has 23 heavy (non-hydrogen) atoms. The van der Waals surface area contributed by atoms with Gasteiger partial charge in [-0.1, -0.05) is 0 Å². The second-order valence-corrected chi connectivity index (χ2v) is 5.76. The van der Waals surface area contributed by atoms with Crippen molar-refractivity contribution in [2.24, 2.45) is 0 Å². The number of nitrogens with one attached hydrogen (secondary N) is 2. The highest BCUT2D eigenvalue weighted by Crippen LogP contribution is 2.17. The standard InChI is InChI=1S/C18H20N2O3/c1-23-14-8-6-13(7-9-14)20-17(21)10-12-11-19-16-5-3-2-4-15(16)18(12)22/h6-9,11H,2-5,10H2,1H3,(H,19,22)(H,20,21). The maximum absolute atomic E-state index is 12.5. The Morgan fingerprint density at radius 3 is 2.70 bits per heavy atom. The van der Waals surface area contributed by atoms with Crippen molar-refractivity contribution in [3.63, 3.8) is 0 Å². The van der Waals surface area contributed by atoms with Crippen molar-refractivity contribution in [2.45, 2.75) is 32.1 Å². The highest BCUT2D eigenvalue weighted by molar-refractivity contribution is 5.92. The first kappa shape index (κ1) is 15.3. The van der Waals surface area contributed by atoms with Crippen LogP contribution in [0.4, 0.5) is 5.69 Å². The van der Waals surface area contributed by atoms with E-state index in [1.54, 1.807) is 37.6 Å². The summed E-state index contributed by atoms with van der Waals surface area (Å²) in [5, 5.41) is 2.80. The molecule has 1 aromatic carbocycles. The third-order valence-electron chi connectivity index (χ3n) is 4.18. The number of ether oxygens (including phenoxy) is 1. The molecule has 0 atom stereocenters. The van der Waals surface area contributed by atoms with E-state index in [0.717, 1.165) is 42.7 Å². The van der Waals surface area contributed by atoms with Gasteiger partial charge in [0.15, 0.2) is 5.43 Å². The summed E-state index contributed by atoms with van der Waals surface area (Å²) in [4.78, 5) is 27.8. The van der Waals surface area contributed by atoms with Gasteiger partial charge in [-0.2, -0.15) is 0 Å². The van der Waals surface area contributed by atoms with Crippen LogP contribution < -0.4 is 15.5 Å². The van der Waals surface area contributed by atoms with E-state index >= 15 is 0 Å². The van der Waals surface area contributed by atoms with Gasteiger partial charge in [0.25, 0.3) is 0 Å². The molecule has 0 fully saturated rings. The number of hydrogen-bond donors (Lipinski definition) is 2. The van der Waals surface area contributed by atoms with Crippen LogP contribution in [0.2, 0.25) is 0 Å². The number of hydrogen-bond acceptors (Lipinski definition) is 3. The Bertz CT molecular complexity index is 763. The SMILES string of the molecule is COc1ccc(NC(=O)Cc2c[nH]c3c(c2=O)CCCC3)cc1. The fourth-order valence-corrected chi connectivity index (χ4v) is 2.93. The van der Waals surface area contributed by atoms with Gasteiger partial charge in [0.2, 0.25) is 5.91 Å². The Labute approximate surface area is 134 Å². The Morgan fingerprint density at radius 2 is 1.96 bits per heavy atom. The lowest BCUT2D eigenvalue weighted by atomic mass is 9.94. The van der Waals surface area contributed by atoms with Crippen LogP contribution in [0.1, 0.15) is 29.7 Å². The summed E-state index contributed by atoms with van der Waals surface area (Å²) < 4.78 is 5.08. The summed E-state index contributed by atoms with van der Waals surface area (Å²) in [6.07, 6.45) is 5.63. The molecule has 1 heterocycles. The van der Waals surface area contributed by atoms with Gasteiger partial charge >= 0.3 is 0 Å². The van der Waals surface area contributed by atoms with Crippen LogP contribution in [-0.4, -0.2) is 18.0 Å². The lowest BCUT2D eigenvalue weighted by molar-refractivity contribution is -0.115. The molecule has 5 heteroatoms. The van der Waals surface area contributed by atoms with Crippen molar-refractivity contribution in [3.8, 4) is 5.75 Å². The summed E-state index contributed by atoms with van der Waals surface area (Å²) in [5.74, 6) is 0.533. The van der Waals surface area contributed by atoms with E-state index < -0.39 is 0 Å². The van der Waals surface area contributed by atoms with Gasteiger partial charge in [0.1, 0.15) is 5.75 Å². The van der Waals surface area contributed by atoms with E-state index in [9.17, 15) is 9.59 Å². The minimum absolute atomic E-state index is 0.0170. The number of benzene rings is 1. The smallest absolute Gasteiger partial charge is 0.228 e. The molecule has 1 aliphatic carbocycles. The van der Waals surface area contributed by atoms with E-state index in [0.29, 0.717) is 11.3 Å². The summed E-state index contributed by atoms with van der Waals surface area (Å²) in [6, 6.07) is 7.10. The molecule has 120 valence electrons. The number of aromatic amines is 1. The molecule has 1 aromatic heterocycles. The lowest BCUT2D eigenvalue weighted by Crippen LogP contribution is -2.25. The van der Waals surface area contributed by atoms with E-state index in [2.05, 4.69) is 10.3 Å². The average Bonchev–Trinajstić information content (AvgIpc) is 2.58. The van der Waals surface area contributed by atoms with Crippen LogP contribution in [0.5, 0.6) is 5.75 Å². The zero-order chi connectivity index (χ0) is 16.2. The largest absolute Gasteiger partial charge is 0.497 e. The maximum atomic E-state index is 12.5. The quantitative estimate of drug-likeness (QED) is 0.911. The second kappa shape index (κ2) is 6.69. The molecule has 0 saturated heterocycles. The van der Waals surface area contributed by atoms with E-state index in [4.69, 9.17) is 4.74 Å². The number of aromatic nitrogens is 1. The highest BCUT2D eigenvalue weighted by Gasteiger charge is 2.16. The molecule has 2 N–H and O–H groups in total. The molecule has 0 bridgehead atoms. The number of carbonyl (C=O) groups is 1. The van der Waals surface area contributed by atoms with E-state index in [-0.39, 0.29) is 17.8 Å². The summed E-state index contributed by atoms with van der Waals surface area (Å²) in [5.41, 5.74) is 3.11. The Morgan fingerprint density at radius 1 is 1.22 bits per heavy atom. The molecule has 0 radical (unpaired) electrons. The average molecular weight is 312 g/mol. The Kier molecular flexibility index (Phi) is 4.46. The number of carbonyl (C=O) groups excluding carboxylic acids is 1. The number of fused-ring (bicyclic) bond motifs is 1. The van der Waals surface area contributed by atoms with Crippen molar-refractivity contribution < 1.29 is 9.53 Å². The third-order valence-corrected chi connectivity index (χ3v) is 4.18. The zero-order valence-corrected chi connectivity index (χ0v) is 13.1. The molecule has 3 rings (SSSR count). The van der Waals surface area contributed by atoms with Crippen molar-refractivity contribution in [1.29, 1.82) is 0 Å². The zero-order valence-electron chi connectivity index (χ0n) is 13.1. The summed E-state index contributed by atoms with van der Waals surface area (Å²) in [6.45, 7) is 0. The summed E-state index contributed by atoms with van der Waals surface area (Å²) >= 11 is 0.